The summed E-state index contributed by atoms with van der Waals surface area (Å²) in [5.41, 5.74) is 20.4. The first-order chi connectivity index (χ1) is 71.5. The molecule has 0 bridgehead atoms. The van der Waals surface area contributed by atoms with Crippen LogP contribution in [-0.4, -0.2) is 392 Å². The van der Waals surface area contributed by atoms with Gasteiger partial charge in [-0.15, -0.1) is 0 Å². The number of carboxylic acid groups (broad SMARTS) is 4. The van der Waals surface area contributed by atoms with Crippen molar-refractivity contribution >= 4 is 179 Å². The number of nitrogens with two attached hydrogens (primary N) is 3. The average molecular weight is 2130 g/mol. The predicted molar refractivity (Wildman–Crippen MR) is 540 cm³/mol. The molecule has 1 unspecified atom stereocenters. The highest BCUT2D eigenvalue weighted by Gasteiger charge is 2.44. The number of nitrogens with zero attached hydrogens (tertiary/aromatic N) is 7. The van der Waals surface area contributed by atoms with Crippen LogP contribution in [0.2, 0.25) is 0 Å². The molecule has 812 valence electrons. The first-order valence-corrected chi connectivity index (χ1v) is 51.2. The Morgan fingerprint density at radius 3 is 1.51 bits per heavy atom. The summed E-state index contributed by atoms with van der Waals surface area (Å²) in [6.45, 7) is 5.19. The van der Waals surface area contributed by atoms with Gasteiger partial charge in [-0.05, 0) is 85.9 Å². The molecular weight excluding hydrogens is 2000 g/mol. The van der Waals surface area contributed by atoms with E-state index in [1.807, 2.05) is 0 Å². The molecule has 150 heavy (non-hydrogen) atoms. The number of primary amides is 3. The van der Waals surface area contributed by atoms with Gasteiger partial charge in [-0.3, -0.25) is 120 Å². The minimum atomic E-state index is -2.21. The molecule has 7 aromatic rings. The number of rotatable bonds is 43. The molecule has 0 saturated carbocycles. The van der Waals surface area contributed by atoms with E-state index in [-0.39, 0.29) is 149 Å². The van der Waals surface area contributed by atoms with Crippen LogP contribution in [0.5, 0.6) is 0 Å². The van der Waals surface area contributed by atoms with Crippen molar-refractivity contribution in [2.45, 2.75) is 196 Å². The number of carbonyl (C=O) groups is 21. The molecule has 3 saturated heterocycles. The third-order valence-electron chi connectivity index (χ3n) is 25.6. The maximum Gasteiger partial charge on any atom is 0.317 e. The summed E-state index contributed by atoms with van der Waals surface area (Å²) in [7, 11) is 1.31. The molecule has 5 aromatic heterocycles. The van der Waals surface area contributed by atoms with Crippen LogP contribution in [0.15, 0.2) is 98.0 Å². The Morgan fingerprint density at radius 1 is 0.493 bits per heavy atom. The third kappa shape index (κ3) is 35.5. The molecular formula is C95H129N27O26S2. The van der Waals surface area contributed by atoms with Crippen LogP contribution in [0, 0.1) is 5.92 Å². The zero-order valence-electron chi connectivity index (χ0n) is 82.9. The highest BCUT2D eigenvalue weighted by Crippen LogP contribution is 2.29. The van der Waals surface area contributed by atoms with E-state index in [0.717, 1.165) is 18.7 Å². The number of para-hydroxylation sites is 2. The Hall–Kier alpha value is -15.2. The van der Waals surface area contributed by atoms with E-state index < -0.39 is 258 Å². The van der Waals surface area contributed by atoms with Crippen molar-refractivity contribution in [2.75, 3.05) is 103 Å². The van der Waals surface area contributed by atoms with Gasteiger partial charge in [-0.1, -0.05) is 78.3 Å². The minimum absolute atomic E-state index is 0.0152. The van der Waals surface area contributed by atoms with E-state index in [0.29, 0.717) is 71.1 Å². The predicted octanol–water partition coefficient (Wildman–Crippen LogP) is -6.36. The number of pyridine rings is 1. The molecule has 3 aliphatic heterocycles. The number of hydrogen-bond donors (Lipinski definition) is 25. The molecule has 17 amide bonds. The van der Waals surface area contributed by atoms with Gasteiger partial charge in [0.1, 0.15) is 84.2 Å². The van der Waals surface area contributed by atoms with Gasteiger partial charge in [-0.25, -0.2) is 9.97 Å². The van der Waals surface area contributed by atoms with E-state index in [9.17, 15) is 92.7 Å². The quantitative estimate of drug-likeness (QED) is 0.0125. The fourth-order valence-corrected chi connectivity index (χ4v) is 19.8. The van der Waals surface area contributed by atoms with Crippen molar-refractivity contribution in [3.63, 3.8) is 0 Å². The molecule has 2 aromatic carbocycles. The largest absolute Gasteiger partial charge is 0.481 e. The number of likely N-dealkylation sites (tertiary alicyclic amines) is 1. The lowest BCUT2D eigenvalue weighted by Crippen LogP contribution is -2.63. The Morgan fingerprint density at radius 2 is 0.987 bits per heavy atom. The molecule has 28 N–H and O–H groups in total. The molecule has 3 aliphatic rings. The van der Waals surface area contributed by atoms with E-state index in [2.05, 4.69) is 99.0 Å². The SMILES string of the molecule is CC[C@H](C)[C@H](NC(=O)[C@@H](NC(=O)[C@H](Cc1c[nH]c2ccccc12)NC(C)=O)[C@@H](C)O)C(=O)N[C@H]1CSSCC(C(=O)N[C@@H](Cc2c[nH]c3ccccc23)C(=O)N2CCC[C@H]2C(=O)N[C@H](CCCCNC(=O)CN2CCN(CC(=O)O)CCN(CC(=O)O)CCN(CC(=O)O)CC2)C(N)=O)NC(=O)[C@H](CC(=O)O)NC(=O)[C@H](Cc2cnc[nH]2)NC(=O)[C@H](Cc2c[nH]c3ncccc23)NC(=O)[C@H](CC(N)=O)NC(=O)[C@H](CC(N)=O)NC1=O. The Bertz CT molecular complexity index is 5970. The molecule has 3 fully saturated rings. The summed E-state index contributed by atoms with van der Waals surface area (Å²) in [5, 5.41) is 85.5. The zero-order chi connectivity index (χ0) is 109. The van der Waals surface area contributed by atoms with Gasteiger partial charge in [0.2, 0.25) is 100 Å². The van der Waals surface area contributed by atoms with Crippen molar-refractivity contribution in [2.24, 2.45) is 23.1 Å². The summed E-state index contributed by atoms with van der Waals surface area (Å²) >= 11 is 0. The lowest BCUT2D eigenvalue weighted by atomic mass is 9.97. The number of H-pyrrole nitrogens is 4. The van der Waals surface area contributed by atoms with Crippen LogP contribution in [0.4, 0.5) is 0 Å². The summed E-state index contributed by atoms with van der Waals surface area (Å²) in [6, 6.07) is -6.54. The fourth-order valence-electron chi connectivity index (χ4n) is 17.5. The highest BCUT2D eigenvalue weighted by atomic mass is 33.1. The third-order valence-corrected chi connectivity index (χ3v) is 28.0. The molecule has 53 nitrogen and oxygen atoms in total. The Kier molecular flexibility index (Phi) is 44.2. The first kappa shape index (κ1) is 117. The van der Waals surface area contributed by atoms with Crippen molar-refractivity contribution in [3.05, 3.63) is 120 Å². The summed E-state index contributed by atoms with van der Waals surface area (Å²) < 4.78 is 0. The normalized spacial score (nSPS) is 20.7. The number of fused-ring (bicyclic) bond motifs is 3. The Balaban J connectivity index is 0.954. The van der Waals surface area contributed by atoms with E-state index in [1.165, 1.54) is 31.8 Å². The smallest absolute Gasteiger partial charge is 0.317 e. The maximum absolute atomic E-state index is 15.9. The number of carboxylic acids is 4. The molecule has 10 rings (SSSR count). The number of aliphatic hydroxyl groups excluding tert-OH is 1. The second-order valence-corrected chi connectivity index (χ2v) is 39.5. The molecule has 15 atom stereocenters. The summed E-state index contributed by atoms with van der Waals surface area (Å²) in [6.07, 6.45) is 2.38. The number of aromatic amines is 4. The highest BCUT2D eigenvalue weighted by molar-refractivity contribution is 8.76. The van der Waals surface area contributed by atoms with Crippen molar-refractivity contribution in [3.8, 4) is 0 Å². The second-order valence-electron chi connectivity index (χ2n) is 37.0. The monoisotopic (exact) mass is 2130 g/mol. The molecule has 55 heteroatoms. The van der Waals surface area contributed by atoms with Crippen LogP contribution >= 0.6 is 21.6 Å². The van der Waals surface area contributed by atoms with Gasteiger partial charge < -0.3 is 137 Å². The summed E-state index contributed by atoms with van der Waals surface area (Å²) in [4.78, 5) is 324. The molecule has 0 radical (unpaired) electrons. The van der Waals surface area contributed by atoms with Crippen molar-refractivity contribution in [1.29, 1.82) is 0 Å². The number of aliphatic hydroxyl groups is 1. The molecule has 0 aliphatic carbocycles. The van der Waals surface area contributed by atoms with Crippen LogP contribution in [0.3, 0.4) is 0 Å². The zero-order valence-corrected chi connectivity index (χ0v) is 84.5. The Labute approximate surface area is 866 Å². The number of amides is 17. The number of aromatic nitrogens is 6. The van der Waals surface area contributed by atoms with E-state index in [1.54, 1.807) is 99.6 Å². The van der Waals surface area contributed by atoms with Crippen LogP contribution < -0.4 is 86.3 Å². The van der Waals surface area contributed by atoms with Gasteiger partial charge in [0.25, 0.3) is 0 Å². The van der Waals surface area contributed by atoms with Crippen molar-refractivity contribution < 1.29 is 126 Å². The maximum atomic E-state index is 15.9. The van der Waals surface area contributed by atoms with Gasteiger partial charge in [0.15, 0.2) is 0 Å². The van der Waals surface area contributed by atoms with Gasteiger partial charge in [0.05, 0.1) is 57.9 Å². The minimum Gasteiger partial charge on any atom is -0.481 e. The van der Waals surface area contributed by atoms with Crippen LogP contribution in [-0.2, 0) is 126 Å². The molecule has 0 spiro atoms. The van der Waals surface area contributed by atoms with Crippen LogP contribution in [0.1, 0.15) is 108 Å². The van der Waals surface area contributed by atoms with Gasteiger partial charge in [0, 0.05) is 173 Å². The van der Waals surface area contributed by atoms with Crippen LogP contribution in [0.25, 0.3) is 32.8 Å². The van der Waals surface area contributed by atoms with Crippen molar-refractivity contribution in [1.82, 2.24) is 124 Å². The van der Waals surface area contributed by atoms with E-state index in [4.69, 9.17) is 17.2 Å². The lowest BCUT2D eigenvalue weighted by Gasteiger charge is -2.32. The number of carbonyl (C=O) groups excluding carboxylic acids is 17. The first-order valence-electron chi connectivity index (χ1n) is 48.7. The standard InChI is InChI=1S/C95H129N27O26S2/c1-5-50(2)80(116-94(147)81(51(3)123)117-89(142)63(106-52(4)124)32-53-39-102-60-17-8-6-14-57(53)60)93(146)115-71-48-150-149-47-70(114-88(141)68(38-76(128)129)112-85(138)65(35-56-42-99-49-105-56)109-84(137)64(33-55-41-104-83-59(55)16-12-22-101-83)108-86(139)66(36-73(96)125)110-87(140)67(37-74(97)126)111-90(71)143)91(144)113-69(34-54-40-103-61-18-9-7-15-58(54)61)95(148)122-23-13-20-72(122)92(145)107-62(82(98)136)19-10-11-21-100-75(127)43-118-24-26-119(44-77(130)131)28-30-121(46-79(134)135)31-29-120(27-25-118)45-78(132)133/h6-9,12,14-18,22,39-42,49-51,62-72,80-81,102-103,123H,5,10-11,13,19-21,23-38,43-48H2,1-4H3,(H2,96,125)(H2,97,126)(H2,98,136)(H,99,105)(H,100,127)(H,101,104)(H,106,124)(H,107,145)(H,108,139)(H,109,137)(H,110,140)(H,111,143)(H,112,138)(H,113,144)(H,114,141)(H,115,146)(H,116,147)(H,117,142)(H,128,129)(H,130,131)(H,132,133)(H,134,135)/t50-,51+,62+,63-,64-,65-,66-,67-,68-,69-,70?,71-,72-,80-,81-/m0/s1. The van der Waals surface area contributed by atoms with Gasteiger partial charge in [-0.2, -0.15) is 0 Å². The second kappa shape index (κ2) is 56.8. The lowest BCUT2D eigenvalue weighted by molar-refractivity contribution is -0.143. The van der Waals surface area contributed by atoms with E-state index >= 15 is 33.6 Å². The number of nitrogens with one attached hydrogen (secondary N) is 17. The van der Waals surface area contributed by atoms with Gasteiger partial charge >= 0.3 is 23.9 Å². The number of hydrogen-bond acceptors (Lipinski definition) is 30. The number of aliphatic carboxylic acids is 4. The number of benzene rings is 2. The number of unbranched alkanes of at least 4 members (excludes halogenated alkanes) is 1. The fraction of sp³-hybridized carbons (Fsp3) is 0.505. The average Bonchev–Trinajstić information content (AvgIpc) is 1.66. The number of imidazole rings is 1. The summed E-state index contributed by atoms with van der Waals surface area (Å²) in [5.74, 6) is -26.3. The molecule has 8 heterocycles. The topological polar surface area (TPSA) is 799 Å².